The fourth-order valence-electron chi connectivity index (χ4n) is 3.25. The number of nitrogen functional groups attached to an aromatic ring is 1. The summed E-state index contributed by atoms with van der Waals surface area (Å²) in [6.07, 6.45) is -0.116. The number of fused-ring (bicyclic) bond motifs is 1. The number of carboxylic acids is 2. The summed E-state index contributed by atoms with van der Waals surface area (Å²) in [6, 6.07) is 3.87. The summed E-state index contributed by atoms with van der Waals surface area (Å²) >= 11 is 0. The molecule has 11 nitrogen and oxygen atoms in total. The van der Waals surface area contributed by atoms with Gasteiger partial charge in [0.25, 0.3) is 5.91 Å². The van der Waals surface area contributed by atoms with E-state index in [0.717, 1.165) is 6.07 Å². The van der Waals surface area contributed by atoms with Crippen molar-refractivity contribution >= 4 is 35.8 Å². The number of aliphatic hydroxyl groups is 1. The van der Waals surface area contributed by atoms with E-state index in [4.69, 9.17) is 15.9 Å². The van der Waals surface area contributed by atoms with Gasteiger partial charge in [0.15, 0.2) is 6.23 Å². The second kappa shape index (κ2) is 9.47. The fraction of sp³-hybridized carbons (Fsp3) is 0.300. The number of aliphatic hydroxyl groups excluding tert-OH is 1. The van der Waals surface area contributed by atoms with Crippen LogP contribution in [0.1, 0.15) is 40.6 Å². The number of nitrogens with zero attached hydrogens (tertiary/aromatic N) is 2. The van der Waals surface area contributed by atoms with E-state index in [0.29, 0.717) is 17.2 Å². The first kappa shape index (κ1) is 22.7. The van der Waals surface area contributed by atoms with Crippen molar-refractivity contribution in [2.24, 2.45) is 4.99 Å². The molecule has 170 valence electrons. The normalized spacial score (nSPS) is 15.8. The number of hydrogen-bond donors (Lipinski definition) is 6. The second-order valence-corrected chi connectivity index (χ2v) is 7.24. The summed E-state index contributed by atoms with van der Waals surface area (Å²) < 4.78 is 14.5. The molecule has 12 heteroatoms. The molecular formula is C20H22FN5O6. The molecule has 1 unspecified atom stereocenters. The number of nitrogens with two attached hydrogens (primary N) is 1. The van der Waals surface area contributed by atoms with Gasteiger partial charge in [-0.1, -0.05) is 6.07 Å². The number of aliphatic carboxylic acids is 2. The van der Waals surface area contributed by atoms with Gasteiger partial charge in [-0.05, 0) is 36.6 Å². The molecule has 0 saturated carbocycles. The molecule has 7 N–H and O–H groups in total. The Morgan fingerprint density at radius 2 is 2.03 bits per heavy atom. The maximum atomic E-state index is 14.5. The number of carbonyl (C=O) groups excluding carboxylic acids is 1. The molecule has 1 amide bonds. The Morgan fingerprint density at radius 3 is 2.69 bits per heavy atom. The van der Waals surface area contributed by atoms with Crippen LogP contribution in [0.15, 0.2) is 29.3 Å². The molecule has 2 heterocycles. The minimum absolute atomic E-state index is 0.0974. The third kappa shape index (κ3) is 5.21. The molecule has 0 spiro atoms. The van der Waals surface area contributed by atoms with E-state index >= 15 is 0 Å². The van der Waals surface area contributed by atoms with Crippen LogP contribution in [0.2, 0.25) is 0 Å². The summed E-state index contributed by atoms with van der Waals surface area (Å²) in [5.41, 5.74) is 6.36. The van der Waals surface area contributed by atoms with Crippen molar-refractivity contribution in [1.29, 1.82) is 0 Å². The van der Waals surface area contributed by atoms with E-state index in [2.05, 4.69) is 15.3 Å². The van der Waals surface area contributed by atoms with Crippen molar-refractivity contribution in [1.82, 2.24) is 15.2 Å². The van der Waals surface area contributed by atoms with E-state index in [1.807, 2.05) is 0 Å². The lowest BCUT2D eigenvalue weighted by Gasteiger charge is -2.28. The smallest absolute Gasteiger partial charge is 0.326 e. The molecule has 3 rings (SSSR count). The second-order valence-electron chi connectivity index (χ2n) is 7.24. The van der Waals surface area contributed by atoms with E-state index in [1.54, 1.807) is 6.07 Å². The molecule has 0 radical (unpaired) electrons. The highest BCUT2D eigenvalue weighted by Crippen LogP contribution is 2.32. The first-order valence-corrected chi connectivity index (χ1v) is 9.66. The lowest BCUT2D eigenvalue weighted by atomic mass is 10.1. The summed E-state index contributed by atoms with van der Waals surface area (Å²) in [5.74, 6) is -3.27. The third-order valence-electron chi connectivity index (χ3n) is 4.98. The number of aromatic nitrogens is 1. The number of amides is 1. The number of aromatic amines is 1. The number of nitrogens with one attached hydrogen (secondary N) is 2. The maximum absolute atomic E-state index is 14.5. The third-order valence-corrected chi connectivity index (χ3v) is 4.98. The predicted octanol–water partition coefficient (Wildman–Crippen LogP) is 0.993. The molecule has 0 bridgehead atoms. The first-order valence-electron chi connectivity index (χ1n) is 9.66. The zero-order chi connectivity index (χ0) is 23.4. The quantitative estimate of drug-likeness (QED) is 0.329. The van der Waals surface area contributed by atoms with E-state index in [-0.39, 0.29) is 30.5 Å². The number of anilines is 1. The number of H-pyrrole nitrogens is 1. The van der Waals surface area contributed by atoms with Crippen LogP contribution in [0.25, 0.3) is 0 Å². The van der Waals surface area contributed by atoms with Crippen LogP contribution in [-0.2, 0) is 16.0 Å². The molecule has 1 aromatic heterocycles. The van der Waals surface area contributed by atoms with Crippen molar-refractivity contribution in [3.63, 3.8) is 0 Å². The molecule has 32 heavy (non-hydrogen) atoms. The Morgan fingerprint density at radius 1 is 1.28 bits per heavy atom. The van der Waals surface area contributed by atoms with Crippen LogP contribution in [0.4, 0.5) is 16.0 Å². The van der Waals surface area contributed by atoms with Crippen molar-refractivity contribution in [2.75, 3.05) is 12.3 Å². The highest BCUT2D eigenvalue weighted by molar-refractivity contribution is 5.96. The fourth-order valence-corrected chi connectivity index (χ4v) is 3.25. The summed E-state index contributed by atoms with van der Waals surface area (Å²) in [4.78, 5) is 42.6. The Hall–Kier alpha value is -3.93. The average Bonchev–Trinajstić information content (AvgIpc) is 3.12. The van der Waals surface area contributed by atoms with Crippen molar-refractivity contribution < 1.29 is 34.1 Å². The van der Waals surface area contributed by atoms with Crippen LogP contribution >= 0.6 is 0 Å². The van der Waals surface area contributed by atoms with Gasteiger partial charge in [0, 0.05) is 24.1 Å². The summed E-state index contributed by atoms with van der Waals surface area (Å²) in [6.45, 7) is 0.230. The van der Waals surface area contributed by atoms with Gasteiger partial charge in [-0.25, -0.2) is 14.2 Å². The molecule has 1 aliphatic heterocycles. The van der Waals surface area contributed by atoms with Gasteiger partial charge < -0.3 is 36.3 Å². The number of carboxylic acid groups (broad SMARTS) is 2. The number of rotatable bonds is 9. The lowest BCUT2D eigenvalue weighted by Crippen LogP contribution is -2.41. The van der Waals surface area contributed by atoms with E-state index < -0.39 is 42.4 Å². The average molecular weight is 447 g/mol. The molecule has 0 aliphatic carbocycles. The summed E-state index contributed by atoms with van der Waals surface area (Å²) in [5, 5.41) is 30.4. The van der Waals surface area contributed by atoms with Gasteiger partial charge in [-0.15, -0.1) is 0 Å². The number of benzene rings is 1. The highest BCUT2D eigenvalue weighted by Gasteiger charge is 2.25. The van der Waals surface area contributed by atoms with Gasteiger partial charge in [-0.3, -0.25) is 9.59 Å². The molecule has 0 saturated heterocycles. The van der Waals surface area contributed by atoms with Gasteiger partial charge >= 0.3 is 11.9 Å². The zero-order valence-electron chi connectivity index (χ0n) is 16.8. The standard InChI is InChI=1S/C20H22FN5O6/c21-13-7-11(18(29)24-14(20(31)32)3-4-16(27)28)2-1-10(13)5-6-26-9-23-17-12(19(26)30)8-15(22)25-17/h1-2,7-9,14,19,25,30H,3-6,22H2,(H,24,29)(H,27,28)(H,31,32)/t14-,19?/m0/s1. The molecule has 1 aliphatic rings. The van der Waals surface area contributed by atoms with Crippen LogP contribution in [0.3, 0.4) is 0 Å². The van der Waals surface area contributed by atoms with Gasteiger partial charge in [0.05, 0.1) is 6.34 Å². The van der Waals surface area contributed by atoms with Crippen LogP contribution in [0.5, 0.6) is 0 Å². The Bertz CT molecular complexity index is 1070. The van der Waals surface area contributed by atoms with Crippen molar-refractivity contribution in [3.8, 4) is 0 Å². The number of hydrogen-bond acceptors (Lipinski definition) is 7. The van der Waals surface area contributed by atoms with Crippen LogP contribution < -0.4 is 11.1 Å². The molecule has 2 aromatic rings. The van der Waals surface area contributed by atoms with Gasteiger partial charge in [0.1, 0.15) is 23.5 Å². The van der Waals surface area contributed by atoms with Gasteiger partial charge in [0.2, 0.25) is 0 Å². The SMILES string of the molecule is Nc1cc2c([nH]1)N=CN(CCc1ccc(C(=O)N[C@@H](CCC(=O)O)C(=O)O)cc1F)C2O. The number of carbonyl (C=O) groups is 3. The van der Waals surface area contributed by atoms with Crippen molar-refractivity contribution in [2.45, 2.75) is 31.5 Å². The monoisotopic (exact) mass is 447 g/mol. The van der Waals surface area contributed by atoms with Crippen LogP contribution in [-0.4, -0.2) is 62.0 Å². The van der Waals surface area contributed by atoms with Crippen LogP contribution in [0, 0.1) is 5.82 Å². The maximum Gasteiger partial charge on any atom is 0.326 e. The first-order chi connectivity index (χ1) is 15.2. The van der Waals surface area contributed by atoms with Crippen molar-refractivity contribution in [3.05, 3.63) is 46.8 Å². The zero-order valence-corrected chi connectivity index (χ0v) is 16.8. The topological polar surface area (TPSA) is 181 Å². The Kier molecular flexibility index (Phi) is 6.73. The van der Waals surface area contributed by atoms with E-state index in [9.17, 15) is 23.9 Å². The lowest BCUT2D eigenvalue weighted by molar-refractivity contribution is -0.140. The van der Waals surface area contributed by atoms with E-state index in [1.165, 1.54) is 23.4 Å². The predicted molar refractivity (Wildman–Crippen MR) is 111 cm³/mol. The molecule has 0 fully saturated rings. The molecule has 2 atom stereocenters. The Labute approximate surface area is 181 Å². The minimum Gasteiger partial charge on any atom is -0.481 e. The number of aliphatic imine (C=N–C) groups is 1. The van der Waals surface area contributed by atoms with Gasteiger partial charge in [-0.2, -0.15) is 0 Å². The molecular weight excluding hydrogens is 425 g/mol. The summed E-state index contributed by atoms with van der Waals surface area (Å²) in [7, 11) is 0. The largest absolute Gasteiger partial charge is 0.481 e. The number of halogens is 1. The minimum atomic E-state index is -1.41. The highest BCUT2D eigenvalue weighted by atomic mass is 19.1. The Balaban J connectivity index is 1.62. The molecule has 1 aromatic carbocycles.